The fourth-order valence-corrected chi connectivity index (χ4v) is 5.03. The van der Waals surface area contributed by atoms with Gasteiger partial charge in [0.2, 0.25) is 5.91 Å². The van der Waals surface area contributed by atoms with Crippen LogP contribution in [0.4, 0.5) is 0 Å². The molecular formula is C26H40N2O3. The van der Waals surface area contributed by atoms with Crippen molar-refractivity contribution in [1.82, 2.24) is 9.80 Å². The molecule has 1 aromatic rings. The number of ether oxygens (including phenoxy) is 1. The van der Waals surface area contributed by atoms with Gasteiger partial charge in [-0.2, -0.15) is 0 Å². The second kappa shape index (κ2) is 12.1. The van der Waals surface area contributed by atoms with Crippen LogP contribution < -0.4 is 4.74 Å². The van der Waals surface area contributed by atoms with E-state index in [0.717, 1.165) is 83.8 Å². The molecule has 0 saturated heterocycles. The van der Waals surface area contributed by atoms with Crippen LogP contribution in [0.3, 0.4) is 0 Å². The molecule has 2 aliphatic rings. The van der Waals surface area contributed by atoms with Gasteiger partial charge >= 0.3 is 0 Å². The fourth-order valence-electron chi connectivity index (χ4n) is 5.03. The molecule has 172 valence electrons. The third-order valence-electron chi connectivity index (χ3n) is 6.69. The highest BCUT2D eigenvalue weighted by Crippen LogP contribution is 2.31. The highest BCUT2D eigenvalue weighted by molar-refractivity contribution is 5.97. The van der Waals surface area contributed by atoms with E-state index in [1.165, 1.54) is 0 Å². The van der Waals surface area contributed by atoms with Gasteiger partial charge in [0.25, 0.3) is 5.91 Å². The fraction of sp³-hybridized carbons (Fsp3) is 0.692. The summed E-state index contributed by atoms with van der Waals surface area (Å²) in [7, 11) is 0. The lowest BCUT2D eigenvalue weighted by Gasteiger charge is -2.40. The average molecular weight is 429 g/mol. The number of hydrogen-bond acceptors (Lipinski definition) is 3. The van der Waals surface area contributed by atoms with Gasteiger partial charge in [-0.1, -0.05) is 51.7 Å². The van der Waals surface area contributed by atoms with Crippen molar-refractivity contribution in [3.05, 3.63) is 29.8 Å². The Hall–Kier alpha value is -2.04. The number of rotatable bonds is 3. The zero-order valence-electron chi connectivity index (χ0n) is 19.5. The minimum absolute atomic E-state index is 0.0528. The van der Waals surface area contributed by atoms with E-state index >= 15 is 0 Å². The molecule has 2 atom stereocenters. The minimum Gasteiger partial charge on any atom is -0.487 e. The molecule has 1 heterocycles. The molecular weight excluding hydrogens is 388 g/mol. The van der Waals surface area contributed by atoms with Crippen molar-refractivity contribution >= 4 is 11.8 Å². The summed E-state index contributed by atoms with van der Waals surface area (Å²) in [6.45, 7) is 6.47. The Morgan fingerprint density at radius 3 is 2.45 bits per heavy atom. The van der Waals surface area contributed by atoms with Crippen LogP contribution in [0.15, 0.2) is 24.3 Å². The predicted molar refractivity (Wildman–Crippen MR) is 124 cm³/mol. The normalized spacial score (nSPS) is 23.7. The topological polar surface area (TPSA) is 49.9 Å². The van der Waals surface area contributed by atoms with Crippen LogP contribution >= 0.6 is 0 Å². The maximum atomic E-state index is 13.4. The summed E-state index contributed by atoms with van der Waals surface area (Å²) in [5.74, 6) is 0.966. The van der Waals surface area contributed by atoms with E-state index in [9.17, 15) is 9.59 Å². The summed E-state index contributed by atoms with van der Waals surface area (Å²) in [4.78, 5) is 30.4. The number of benzene rings is 1. The summed E-state index contributed by atoms with van der Waals surface area (Å²) >= 11 is 0. The molecule has 0 unspecified atom stereocenters. The first-order valence-corrected chi connectivity index (χ1v) is 12.5. The monoisotopic (exact) mass is 428 g/mol. The maximum Gasteiger partial charge on any atom is 0.257 e. The second-order valence-corrected chi connectivity index (χ2v) is 9.00. The van der Waals surface area contributed by atoms with Gasteiger partial charge in [0, 0.05) is 26.1 Å². The molecule has 0 aromatic heterocycles. The van der Waals surface area contributed by atoms with Gasteiger partial charge in [-0.3, -0.25) is 9.59 Å². The van der Waals surface area contributed by atoms with Crippen molar-refractivity contribution in [1.29, 1.82) is 0 Å². The van der Waals surface area contributed by atoms with Crippen molar-refractivity contribution in [3.8, 4) is 5.75 Å². The third kappa shape index (κ3) is 6.24. The van der Waals surface area contributed by atoms with Gasteiger partial charge in [-0.05, 0) is 50.7 Å². The molecule has 0 bridgehead atoms. The Bertz CT molecular complexity index is 720. The van der Waals surface area contributed by atoms with Crippen LogP contribution in [0.5, 0.6) is 5.75 Å². The van der Waals surface area contributed by atoms with Crippen LogP contribution in [0.1, 0.15) is 94.8 Å². The van der Waals surface area contributed by atoms with E-state index in [1.807, 2.05) is 36.1 Å². The lowest BCUT2D eigenvalue weighted by atomic mass is 9.90. The molecule has 5 nitrogen and oxygen atoms in total. The Kier molecular flexibility index (Phi) is 9.23. The molecule has 1 saturated carbocycles. The van der Waals surface area contributed by atoms with Gasteiger partial charge in [0.05, 0.1) is 11.6 Å². The second-order valence-electron chi connectivity index (χ2n) is 9.00. The van der Waals surface area contributed by atoms with Crippen LogP contribution in [0.2, 0.25) is 0 Å². The van der Waals surface area contributed by atoms with Crippen LogP contribution in [0, 0.1) is 0 Å². The molecule has 0 N–H and O–H groups in total. The SMILES string of the molecule is CCCN1CCCCCCCN(C(=O)CC)[C@@H]2CCCC[C@@H]2Oc2ccccc2C1=O. The Morgan fingerprint density at radius 1 is 0.968 bits per heavy atom. The van der Waals surface area contributed by atoms with Crippen LogP contribution in [-0.2, 0) is 4.79 Å². The molecule has 1 aromatic carbocycles. The highest BCUT2D eigenvalue weighted by Gasteiger charge is 2.34. The number of nitrogens with zero attached hydrogens (tertiary/aromatic N) is 2. The first kappa shape index (κ1) is 23.6. The molecule has 31 heavy (non-hydrogen) atoms. The van der Waals surface area contributed by atoms with E-state index in [2.05, 4.69) is 11.8 Å². The third-order valence-corrected chi connectivity index (χ3v) is 6.69. The summed E-state index contributed by atoms with van der Waals surface area (Å²) in [6.07, 6.45) is 11.1. The van der Waals surface area contributed by atoms with Gasteiger partial charge in [0.1, 0.15) is 11.9 Å². The van der Waals surface area contributed by atoms with E-state index < -0.39 is 0 Å². The van der Waals surface area contributed by atoms with E-state index in [0.29, 0.717) is 17.7 Å². The van der Waals surface area contributed by atoms with Crippen molar-refractivity contribution in [2.24, 2.45) is 0 Å². The van der Waals surface area contributed by atoms with Crippen molar-refractivity contribution in [3.63, 3.8) is 0 Å². The van der Waals surface area contributed by atoms with E-state index in [1.54, 1.807) is 0 Å². The van der Waals surface area contributed by atoms with E-state index in [-0.39, 0.29) is 24.0 Å². The predicted octanol–water partition coefficient (Wildman–Crippen LogP) is 5.43. The lowest BCUT2D eigenvalue weighted by Crippen LogP contribution is -2.51. The first-order chi connectivity index (χ1) is 15.2. The summed E-state index contributed by atoms with van der Waals surface area (Å²) in [5, 5.41) is 0. The lowest BCUT2D eigenvalue weighted by molar-refractivity contribution is -0.136. The van der Waals surface area contributed by atoms with Gasteiger partial charge in [-0.15, -0.1) is 0 Å². The number of carbonyl (C=O) groups is 2. The smallest absolute Gasteiger partial charge is 0.257 e. The number of fused-ring (bicyclic) bond motifs is 2. The van der Waals surface area contributed by atoms with Crippen molar-refractivity contribution in [2.75, 3.05) is 19.6 Å². The molecule has 0 radical (unpaired) electrons. The quantitative estimate of drug-likeness (QED) is 0.645. The largest absolute Gasteiger partial charge is 0.487 e. The molecule has 3 rings (SSSR count). The molecule has 1 aliphatic carbocycles. The van der Waals surface area contributed by atoms with E-state index in [4.69, 9.17) is 4.74 Å². The average Bonchev–Trinajstić information content (AvgIpc) is 2.80. The maximum absolute atomic E-state index is 13.4. The van der Waals surface area contributed by atoms with Crippen molar-refractivity contribution in [2.45, 2.75) is 96.6 Å². The Morgan fingerprint density at radius 2 is 1.68 bits per heavy atom. The van der Waals surface area contributed by atoms with Gasteiger partial charge < -0.3 is 14.5 Å². The number of hydrogen-bond donors (Lipinski definition) is 0. The summed E-state index contributed by atoms with van der Waals surface area (Å²) in [5.41, 5.74) is 0.656. The molecule has 2 amide bonds. The molecule has 1 fully saturated rings. The minimum atomic E-state index is -0.0528. The van der Waals surface area contributed by atoms with Gasteiger partial charge in [0.15, 0.2) is 0 Å². The molecule has 5 heteroatoms. The number of amides is 2. The van der Waals surface area contributed by atoms with Crippen molar-refractivity contribution < 1.29 is 14.3 Å². The highest BCUT2D eigenvalue weighted by atomic mass is 16.5. The first-order valence-electron chi connectivity index (χ1n) is 12.5. The number of para-hydroxylation sites is 1. The zero-order valence-corrected chi connectivity index (χ0v) is 19.5. The molecule has 0 spiro atoms. The standard InChI is InChI=1S/C26H40N2O3/c1-3-18-27-19-12-6-5-7-13-20-28(25(29)4-2)22-15-9-11-17-24(22)31-23-16-10-8-14-21(23)26(27)30/h8,10,14,16,22,24H,3-7,9,11-13,15,17-20H2,1-2H3/t22-,24+/m1/s1. The summed E-state index contributed by atoms with van der Waals surface area (Å²) in [6, 6.07) is 7.78. The Balaban J connectivity index is 1.92. The summed E-state index contributed by atoms with van der Waals surface area (Å²) < 4.78 is 6.56. The zero-order chi connectivity index (χ0) is 22.1. The van der Waals surface area contributed by atoms with Crippen LogP contribution in [0.25, 0.3) is 0 Å². The molecule has 1 aliphatic heterocycles. The van der Waals surface area contributed by atoms with Gasteiger partial charge in [-0.25, -0.2) is 0 Å². The van der Waals surface area contributed by atoms with Crippen LogP contribution in [-0.4, -0.2) is 53.4 Å². The Labute approximate surface area is 188 Å². The number of carbonyl (C=O) groups excluding carboxylic acids is 2.